The zero-order chi connectivity index (χ0) is 22.0. The van der Waals surface area contributed by atoms with Crippen LogP contribution in [0.4, 0.5) is 0 Å². The molecule has 7 heteroatoms. The maximum atomic E-state index is 12.1. The molecule has 3 saturated heterocycles. The number of esters is 2. The summed E-state index contributed by atoms with van der Waals surface area (Å²) in [7, 11) is 0. The Morgan fingerprint density at radius 2 is 1.90 bits per heavy atom. The Bertz CT molecular complexity index is 736. The van der Waals surface area contributed by atoms with Crippen molar-refractivity contribution in [1.29, 1.82) is 0 Å². The molecule has 1 spiro atoms. The van der Waals surface area contributed by atoms with Crippen molar-refractivity contribution < 1.29 is 33.3 Å². The fraction of sp³-hybridized carbons (Fsp3) is 0.917. The average Bonchev–Trinajstić information content (AvgIpc) is 3.15. The molecule has 0 aromatic carbocycles. The van der Waals surface area contributed by atoms with Crippen molar-refractivity contribution in [3.8, 4) is 0 Å². The topological polar surface area (TPSA) is 83.6 Å². The van der Waals surface area contributed by atoms with E-state index >= 15 is 0 Å². The van der Waals surface area contributed by atoms with Gasteiger partial charge in [-0.3, -0.25) is 9.59 Å². The van der Waals surface area contributed by atoms with Crippen molar-refractivity contribution >= 4 is 11.9 Å². The second kappa shape index (κ2) is 7.42. The van der Waals surface area contributed by atoms with Gasteiger partial charge in [-0.05, 0) is 43.9 Å². The standard InChI is InChI=1S/C24H36O7/c1-14-10-20(30-16(3)26)24(13-28-15(2)25)18(6-5-8-23(24)12-29-23)22(14,4)19-11-17-7-9-27-21(17)31-19/h14,17-21H,5-13H2,1-4H3/t14-,17+,18-,19+,20+,21+,22+,23-,24+/m1/s1. The van der Waals surface area contributed by atoms with Gasteiger partial charge in [-0.1, -0.05) is 20.3 Å². The van der Waals surface area contributed by atoms with Crippen LogP contribution in [0.25, 0.3) is 0 Å². The van der Waals surface area contributed by atoms with E-state index in [1.807, 2.05) is 0 Å². The summed E-state index contributed by atoms with van der Waals surface area (Å²) in [6.07, 6.45) is 5.36. The van der Waals surface area contributed by atoms with Gasteiger partial charge in [0.1, 0.15) is 18.3 Å². The Labute approximate surface area is 184 Å². The summed E-state index contributed by atoms with van der Waals surface area (Å²) in [5.74, 6) is 0.301. The minimum atomic E-state index is -0.550. The molecule has 5 aliphatic rings. The van der Waals surface area contributed by atoms with Crippen LogP contribution in [0, 0.1) is 28.6 Å². The third-order valence-corrected chi connectivity index (χ3v) is 9.48. The number of rotatable bonds is 4. The summed E-state index contributed by atoms with van der Waals surface area (Å²) >= 11 is 0. The van der Waals surface area contributed by atoms with Crippen molar-refractivity contribution in [2.75, 3.05) is 19.8 Å². The summed E-state index contributed by atoms with van der Waals surface area (Å²) in [6, 6.07) is 0. The summed E-state index contributed by atoms with van der Waals surface area (Å²) < 4.78 is 30.3. The first-order valence-corrected chi connectivity index (χ1v) is 11.9. The molecule has 31 heavy (non-hydrogen) atoms. The third-order valence-electron chi connectivity index (χ3n) is 9.48. The maximum absolute atomic E-state index is 12.1. The first-order valence-electron chi connectivity index (χ1n) is 11.9. The quantitative estimate of drug-likeness (QED) is 0.494. The van der Waals surface area contributed by atoms with Gasteiger partial charge in [-0.2, -0.15) is 0 Å². The van der Waals surface area contributed by atoms with Gasteiger partial charge in [0, 0.05) is 25.2 Å². The van der Waals surface area contributed by atoms with E-state index in [0.29, 0.717) is 12.5 Å². The largest absolute Gasteiger partial charge is 0.465 e. The molecule has 174 valence electrons. The summed E-state index contributed by atoms with van der Waals surface area (Å²) in [6.45, 7) is 9.16. The SMILES string of the molecule is CC(=O)OC[C@@]12[C@@H](OC(C)=O)C[C@@H](C)[C@](C)([C@@H]3C[C@@H]4CCO[C@H]4O3)[C@H]1CCC[C@@]21CO1. The number of carbonyl (C=O) groups is 2. The molecule has 0 bridgehead atoms. The number of hydrogen-bond donors (Lipinski definition) is 0. The van der Waals surface area contributed by atoms with Crippen molar-refractivity contribution in [2.45, 2.75) is 90.3 Å². The minimum absolute atomic E-state index is 0.0756. The predicted octanol–water partition coefficient (Wildman–Crippen LogP) is 3.23. The minimum Gasteiger partial charge on any atom is -0.465 e. The van der Waals surface area contributed by atoms with E-state index in [9.17, 15) is 9.59 Å². The van der Waals surface area contributed by atoms with Gasteiger partial charge in [-0.15, -0.1) is 0 Å². The average molecular weight is 437 g/mol. The maximum Gasteiger partial charge on any atom is 0.302 e. The zero-order valence-electron chi connectivity index (χ0n) is 19.2. The normalized spacial score (nSPS) is 50.6. The first-order chi connectivity index (χ1) is 14.7. The monoisotopic (exact) mass is 436 g/mol. The first kappa shape index (κ1) is 21.7. The van der Waals surface area contributed by atoms with E-state index in [-0.39, 0.29) is 54.3 Å². The van der Waals surface area contributed by atoms with Crippen molar-refractivity contribution in [2.24, 2.45) is 28.6 Å². The molecule has 9 atom stereocenters. The number of ether oxygens (including phenoxy) is 5. The van der Waals surface area contributed by atoms with Crippen LogP contribution in [0.1, 0.15) is 66.2 Å². The lowest BCUT2D eigenvalue weighted by molar-refractivity contribution is -0.255. The number of hydrogen-bond acceptors (Lipinski definition) is 7. The van der Waals surface area contributed by atoms with Crippen LogP contribution in [-0.2, 0) is 33.3 Å². The van der Waals surface area contributed by atoms with Crippen LogP contribution in [0.2, 0.25) is 0 Å². The molecule has 2 saturated carbocycles. The highest BCUT2D eigenvalue weighted by atomic mass is 16.7. The van der Waals surface area contributed by atoms with E-state index in [0.717, 1.165) is 45.1 Å². The highest BCUT2D eigenvalue weighted by molar-refractivity contribution is 5.67. The second-order valence-corrected chi connectivity index (χ2v) is 10.8. The fourth-order valence-electron chi connectivity index (χ4n) is 7.73. The van der Waals surface area contributed by atoms with Gasteiger partial charge in [-0.25, -0.2) is 0 Å². The molecule has 0 N–H and O–H groups in total. The lowest BCUT2D eigenvalue weighted by Crippen LogP contribution is -2.69. The Hall–Kier alpha value is -1.18. The summed E-state index contributed by atoms with van der Waals surface area (Å²) in [5, 5.41) is 0. The van der Waals surface area contributed by atoms with Crippen molar-refractivity contribution in [3.05, 3.63) is 0 Å². The molecular weight excluding hydrogens is 400 g/mol. The van der Waals surface area contributed by atoms with Crippen LogP contribution in [0.15, 0.2) is 0 Å². The lowest BCUT2D eigenvalue weighted by atomic mass is 9.42. The number of carbonyl (C=O) groups excluding carboxylic acids is 2. The van der Waals surface area contributed by atoms with E-state index in [2.05, 4.69) is 13.8 Å². The predicted molar refractivity (Wildman–Crippen MR) is 110 cm³/mol. The zero-order valence-corrected chi connectivity index (χ0v) is 19.2. The van der Waals surface area contributed by atoms with Crippen LogP contribution < -0.4 is 0 Å². The third kappa shape index (κ3) is 3.10. The molecule has 0 unspecified atom stereocenters. The molecule has 7 nitrogen and oxygen atoms in total. The van der Waals surface area contributed by atoms with E-state index in [1.165, 1.54) is 13.8 Å². The van der Waals surface area contributed by atoms with Crippen molar-refractivity contribution in [1.82, 2.24) is 0 Å². The van der Waals surface area contributed by atoms with Gasteiger partial charge in [0.15, 0.2) is 6.29 Å². The molecular formula is C24H36O7. The van der Waals surface area contributed by atoms with Crippen LogP contribution in [0.3, 0.4) is 0 Å². The van der Waals surface area contributed by atoms with Crippen LogP contribution in [-0.4, -0.2) is 55.9 Å². The van der Waals surface area contributed by atoms with Crippen LogP contribution in [0.5, 0.6) is 0 Å². The Morgan fingerprint density at radius 1 is 1.13 bits per heavy atom. The molecule has 5 fully saturated rings. The second-order valence-electron chi connectivity index (χ2n) is 10.8. The van der Waals surface area contributed by atoms with Gasteiger partial charge in [0.2, 0.25) is 0 Å². The Morgan fingerprint density at radius 3 is 2.55 bits per heavy atom. The molecule has 0 radical (unpaired) electrons. The van der Waals surface area contributed by atoms with Crippen molar-refractivity contribution in [3.63, 3.8) is 0 Å². The molecule has 0 aromatic heterocycles. The molecule has 2 aliphatic carbocycles. The van der Waals surface area contributed by atoms with Gasteiger partial charge < -0.3 is 23.7 Å². The van der Waals surface area contributed by atoms with Gasteiger partial charge >= 0.3 is 11.9 Å². The van der Waals surface area contributed by atoms with Gasteiger partial charge in [0.25, 0.3) is 0 Å². The van der Waals surface area contributed by atoms with Gasteiger partial charge in [0.05, 0.1) is 24.7 Å². The smallest absolute Gasteiger partial charge is 0.302 e. The van der Waals surface area contributed by atoms with Crippen LogP contribution >= 0.6 is 0 Å². The molecule has 3 aliphatic heterocycles. The molecule has 0 aromatic rings. The fourth-order valence-corrected chi connectivity index (χ4v) is 7.73. The number of fused-ring (bicyclic) bond motifs is 3. The highest BCUT2D eigenvalue weighted by Gasteiger charge is 2.76. The summed E-state index contributed by atoms with van der Waals surface area (Å²) in [4.78, 5) is 24.1. The molecule has 0 amide bonds. The lowest BCUT2D eigenvalue weighted by Gasteiger charge is -2.64. The Balaban J connectivity index is 1.57. The summed E-state index contributed by atoms with van der Waals surface area (Å²) in [5.41, 5.74) is -1.09. The van der Waals surface area contributed by atoms with E-state index in [4.69, 9.17) is 23.7 Å². The molecule has 5 rings (SSSR count). The highest BCUT2D eigenvalue weighted by Crippen LogP contribution is 2.70. The Kier molecular flexibility index (Phi) is 5.18. The number of epoxide rings is 1. The van der Waals surface area contributed by atoms with E-state index < -0.39 is 11.0 Å². The van der Waals surface area contributed by atoms with E-state index in [1.54, 1.807) is 0 Å². The molecule has 3 heterocycles.